The topological polar surface area (TPSA) is 82.5 Å². The van der Waals surface area contributed by atoms with E-state index in [0.29, 0.717) is 11.3 Å². The highest BCUT2D eigenvalue weighted by molar-refractivity contribution is 5.91. The SMILES string of the molecule is O=C(NCc1ccccc1OC(F)F)c1ccc(=O)n(CCOc2ccccc2)n1. The van der Waals surface area contributed by atoms with Crippen molar-refractivity contribution in [2.45, 2.75) is 19.7 Å². The summed E-state index contributed by atoms with van der Waals surface area (Å²) in [4.78, 5) is 24.4. The predicted octanol–water partition coefficient (Wildman–Crippen LogP) is 2.85. The van der Waals surface area contributed by atoms with Gasteiger partial charge in [-0.05, 0) is 24.3 Å². The molecule has 1 aromatic heterocycles. The molecule has 0 aliphatic rings. The fraction of sp³-hybridized carbons (Fsp3) is 0.190. The van der Waals surface area contributed by atoms with Crippen molar-refractivity contribution in [3.05, 3.63) is 88.3 Å². The summed E-state index contributed by atoms with van der Waals surface area (Å²) in [5.41, 5.74) is 0.0243. The number of amides is 1. The first kappa shape index (κ1) is 21.0. The number of hydrogen-bond acceptors (Lipinski definition) is 5. The van der Waals surface area contributed by atoms with Crippen LogP contribution in [0.3, 0.4) is 0 Å². The third-order valence-electron chi connectivity index (χ3n) is 4.04. The fourth-order valence-electron chi connectivity index (χ4n) is 2.62. The second-order valence-corrected chi connectivity index (χ2v) is 6.11. The summed E-state index contributed by atoms with van der Waals surface area (Å²) < 4.78 is 36.1. The molecule has 0 saturated heterocycles. The molecule has 0 aliphatic carbocycles. The van der Waals surface area contributed by atoms with Crippen molar-refractivity contribution in [2.75, 3.05) is 6.61 Å². The van der Waals surface area contributed by atoms with Crippen molar-refractivity contribution in [1.82, 2.24) is 15.1 Å². The van der Waals surface area contributed by atoms with Crippen LogP contribution >= 0.6 is 0 Å². The second kappa shape index (κ2) is 10.1. The molecule has 0 saturated carbocycles. The molecular formula is C21H19F2N3O4. The average molecular weight is 415 g/mol. The van der Waals surface area contributed by atoms with Crippen LogP contribution in [0.1, 0.15) is 16.1 Å². The molecule has 0 fully saturated rings. The fourth-order valence-corrected chi connectivity index (χ4v) is 2.62. The Bertz CT molecular complexity index is 1040. The quantitative estimate of drug-likeness (QED) is 0.581. The van der Waals surface area contributed by atoms with E-state index in [1.54, 1.807) is 30.3 Å². The average Bonchev–Trinajstić information content (AvgIpc) is 2.74. The molecule has 1 amide bonds. The summed E-state index contributed by atoms with van der Waals surface area (Å²) in [5, 5.41) is 6.63. The van der Waals surface area contributed by atoms with Gasteiger partial charge in [-0.25, -0.2) is 4.68 Å². The third-order valence-corrected chi connectivity index (χ3v) is 4.04. The van der Waals surface area contributed by atoms with E-state index in [1.165, 1.54) is 18.2 Å². The Kier molecular flexibility index (Phi) is 7.09. The molecular weight excluding hydrogens is 396 g/mol. The second-order valence-electron chi connectivity index (χ2n) is 6.11. The number of para-hydroxylation sites is 2. The van der Waals surface area contributed by atoms with Crippen LogP contribution in [0.15, 0.2) is 71.5 Å². The van der Waals surface area contributed by atoms with Gasteiger partial charge in [0.25, 0.3) is 11.5 Å². The van der Waals surface area contributed by atoms with Crippen molar-refractivity contribution in [3.8, 4) is 11.5 Å². The molecule has 0 spiro atoms. The summed E-state index contributed by atoms with van der Waals surface area (Å²) in [5.74, 6) is 0.0764. The van der Waals surface area contributed by atoms with Crippen molar-refractivity contribution in [3.63, 3.8) is 0 Å². The van der Waals surface area contributed by atoms with E-state index in [0.717, 1.165) is 4.68 Å². The number of halogens is 2. The van der Waals surface area contributed by atoms with Crippen molar-refractivity contribution in [2.24, 2.45) is 0 Å². The maximum atomic E-state index is 12.5. The molecule has 0 bridgehead atoms. The zero-order valence-electron chi connectivity index (χ0n) is 15.8. The van der Waals surface area contributed by atoms with Crippen LogP contribution in [0.5, 0.6) is 11.5 Å². The summed E-state index contributed by atoms with van der Waals surface area (Å²) in [6.45, 7) is -2.66. The van der Waals surface area contributed by atoms with E-state index in [2.05, 4.69) is 15.2 Å². The van der Waals surface area contributed by atoms with Crippen LogP contribution in [0.25, 0.3) is 0 Å². The summed E-state index contributed by atoms with van der Waals surface area (Å²) in [6.07, 6.45) is 0. The molecule has 7 nitrogen and oxygen atoms in total. The molecule has 156 valence electrons. The molecule has 1 N–H and O–H groups in total. The van der Waals surface area contributed by atoms with Crippen LogP contribution in [0.4, 0.5) is 8.78 Å². The van der Waals surface area contributed by atoms with Gasteiger partial charge in [-0.2, -0.15) is 13.9 Å². The van der Waals surface area contributed by atoms with Crippen LogP contribution in [0.2, 0.25) is 0 Å². The number of nitrogens with one attached hydrogen (secondary N) is 1. The Labute approximate surface area is 170 Å². The Morgan fingerprint density at radius 3 is 2.53 bits per heavy atom. The minimum Gasteiger partial charge on any atom is -0.492 e. The lowest BCUT2D eigenvalue weighted by Gasteiger charge is -2.12. The number of alkyl halides is 2. The number of benzene rings is 2. The molecule has 0 unspecified atom stereocenters. The first-order valence-corrected chi connectivity index (χ1v) is 9.10. The maximum absolute atomic E-state index is 12.5. The minimum absolute atomic E-state index is 0.0153. The van der Waals surface area contributed by atoms with Gasteiger partial charge >= 0.3 is 6.61 Å². The summed E-state index contributed by atoms with van der Waals surface area (Å²) >= 11 is 0. The standard InChI is InChI=1S/C21H19F2N3O4/c22-21(23)30-18-9-5-4-6-15(18)14-24-20(28)17-10-11-19(27)26(25-17)12-13-29-16-7-2-1-3-8-16/h1-11,21H,12-14H2,(H,24,28). The number of nitrogens with zero attached hydrogens (tertiary/aromatic N) is 2. The van der Waals surface area contributed by atoms with E-state index in [4.69, 9.17) is 4.74 Å². The van der Waals surface area contributed by atoms with Gasteiger partial charge < -0.3 is 14.8 Å². The lowest BCUT2D eigenvalue weighted by molar-refractivity contribution is -0.0504. The van der Waals surface area contributed by atoms with E-state index in [-0.39, 0.29) is 36.7 Å². The number of carbonyl (C=O) groups excluding carboxylic acids is 1. The maximum Gasteiger partial charge on any atom is 0.387 e. The summed E-state index contributed by atoms with van der Waals surface area (Å²) in [7, 11) is 0. The Balaban J connectivity index is 1.61. The molecule has 1 heterocycles. The lowest BCUT2D eigenvalue weighted by Crippen LogP contribution is -2.30. The van der Waals surface area contributed by atoms with Gasteiger partial charge in [-0.3, -0.25) is 9.59 Å². The van der Waals surface area contributed by atoms with Gasteiger partial charge in [0.05, 0.1) is 6.54 Å². The van der Waals surface area contributed by atoms with Gasteiger partial charge in [0.1, 0.15) is 23.8 Å². The highest BCUT2D eigenvalue weighted by Gasteiger charge is 2.13. The molecule has 0 aliphatic heterocycles. The van der Waals surface area contributed by atoms with Gasteiger partial charge in [-0.1, -0.05) is 36.4 Å². The minimum atomic E-state index is -2.97. The van der Waals surface area contributed by atoms with Gasteiger partial charge in [0.15, 0.2) is 0 Å². The van der Waals surface area contributed by atoms with Crippen LogP contribution in [-0.2, 0) is 13.1 Å². The highest BCUT2D eigenvalue weighted by atomic mass is 19.3. The first-order valence-electron chi connectivity index (χ1n) is 9.10. The van der Waals surface area contributed by atoms with Gasteiger partial charge in [0.2, 0.25) is 0 Å². The van der Waals surface area contributed by atoms with E-state index < -0.39 is 12.5 Å². The zero-order valence-corrected chi connectivity index (χ0v) is 15.8. The van der Waals surface area contributed by atoms with Gasteiger partial charge in [0, 0.05) is 18.2 Å². The van der Waals surface area contributed by atoms with Crippen molar-refractivity contribution in [1.29, 1.82) is 0 Å². The van der Waals surface area contributed by atoms with Crippen LogP contribution in [-0.4, -0.2) is 28.9 Å². The van der Waals surface area contributed by atoms with Crippen LogP contribution in [0, 0.1) is 0 Å². The largest absolute Gasteiger partial charge is 0.492 e. The first-order chi connectivity index (χ1) is 14.5. The highest BCUT2D eigenvalue weighted by Crippen LogP contribution is 2.20. The van der Waals surface area contributed by atoms with E-state index >= 15 is 0 Å². The Morgan fingerprint density at radius 1 is 1.03 bits per heavy atom. The zero-order chi connectivity index (χ0) is 21.3. The van der Waals surface area contributed by atoms with E-state index in [1.807, 2.05) is 18.2 Å². The normalized spacial score (nSPS) is 10.6. The number of rotatable bonds is 9. The number of ether oxygens (including phenoxy) is 2. The molecule has 30 heavy (non-hydrogen) atoms. The lowest BCUT2D eigenvalue weighted by atomic mass is 10.2. The predicted molar refractivity (Wildman–Crippen MR) is 105 cm³/mol. The molecule has 3 rings (SSSR count). The van der Waals surface area contributed by atoms with Gasteiger partial charge in [-0.15, -0.1) is 0 Å². The van der Waals surface area contributed by atoms with E-state index in [9.17, 15) is 18.4 Å². The number of hydrogen-bond donors (Lipinski definition) is 1. The number of carbonyl (C=O) groups is 1. The Hall–Kier alpha value is -3.75. The molecule has 2 aromatic carbocycles. The monoisotopic (exact) mass is 415 g/mol. The summed E-state index contributed by atoms with van der Waals surface area (Å²) in [6, 6.07) is 17.8. The molecule has 0 radical (unpaired) electrons. The van der Waals surface area contributed by atoms with Crippen molar-refractivity contribution >= 4 is 5.91 Å². The molecule has 3 aromatic rings. The van der Waals surface area contributed by atoms with Crippen molar-refractivity contribution < 1.29 is 23.0 Å². The molecule has 0 atom stereocenters. The smallest absolute Gasteiger partial charge is 0.387 e. The van der Waals surface area contributed by atoms with Crippen LogP contribution < -0.4 is 20.3 Å². The molecule has 9 heteroatoms. The third kappa shape index (κ3) is 5.87. The number of aromatic nitrogens is 2. The Morgan fingerprint density at radius 2 is 1.77 bits per heavy atom.